The van der Waals surface area contributed by atoms with Crippen LogP contribution in [-0.2, 0) is 36.1 Å². The lowest BCUT2D eigenvalue weighted by Crippen LogP contribution is -2.65. The summed E-state index contributed by atoms with van der Waals surface area (Å²) in [6.45, 7) is 0.871. The Balaban J connectivity index is 1.27. The number of amides is 4. The Morgan fingerprint density at radius 3 is 2.52 bits per heavy atom. The first-order valence-electron chi connectivity index (χ1n) is 13.8. The molecule has 2 fully saturated rings. The zero-order valence-corrected chi connectivity index (χ0v) is 23.4. The number of phenolic OH excluding ortho intramolecular Hbond substituents is 1. The molecular weight excluding hydrogens is 536 g/mol. The van der Waals surface area contributed by atoms with Crippen LogP contribution in [0.1, 0.15) is 16.7 Å². The molecule has 2 aliphatic heterocycles. The van der Waals surface area contributed by atoms with Gasteiger partial charge in [0.15, 0.2) is 0 Å². The molecule has 2 saturated heterocycles. The first kappa shape index (κ1) is 27.2. The molecule has 2 N–H and O–H groups in total. The minimum absolute atomic E-state index is 0.0280. The molecule has 0 aliphatic carbocycles. The standard InChI is InChI=1S/C30H32N8O4/c1-34-25-15-22(10-13-24(25)32-33-34)17-36-18-27-37(35(2)30(42)31-16-21-6-4-3-5-7-21)19-28(40)38(27)26(29(36)41)14-20-8-11-23(39)12-9-20/h3-13,15,26-27,39H,14,16-19H2,1-2H3,(H,31,42)/t26-,27+/m0/s1. The molecule has 2 aliphatic rings. The van der Waals surface area contributed by atoms with Crippen LogP contribution in [-0.4, -0.2) is 90.1 Å². The fourth-order valence-corrected chi connectivity index (χ4v) is 5.70. The fourth-order valence-electron chi connectivity index (χ4n) is 5.70. The highest BCUT2D eigenvalue weighted by Gasteiger charge is 2.51. The van der Waals surface area contributed by atoms with Gasteiger partial charge in [0.2, 0.25) is 11.8 Å². The number of piperazine rings is 1. The molecule has 12 heteroatoms. The van der Waals surface area contributed by atoms with Crippen LogP contribution < -0.4 is 5.32 Å². The van der Waals surface area contributed by atoms with E-state index in [0.29, 0.717) is 13.1 Å². The van der Waals surface area contributed by atoms with Crippen molar-refractivity contribution in [3.8, 4) is 5.75 Å². The Bertz CT molecular complexity index is 1620. The number of benzene rings is 3. The Labute approximate surface area is 242 Å². The molecule has 0 unspecified atom stereocenters. The largest absolute Gasteiger partial charge is 0.508 e. The lowest BCUT2D eigenvalue weighted by Gasteiger charge is -2.45. The summed E-state index contributed by atoms with van der Waals surface area (Å²) in [5.74, 6) is -0.268. The van der Waals surface area contributed by atoms with Crippen molar-refractivity contribution in [2.75, 3.05) is 20.1 Å². The molecule has 0 bridgehead atoms. The lowest BCUT2D eigenvalue weighted by molar-refractivity contribution is -0.157. The van der Waals surface area contributed by atoms with Crippen LogP contribution in [0.5, 0.6) is 5.75 Å². The maximum Gasteiger partial charge on any atom is 0.332 e. The highest BCUT2D eigenvalue weighted by Crippen LogP contribution is 2.30. The fraction of sp³-hybridized carbons (Fsp3) is 0.300. The van der Waals surface area contributed by atoms with E-state index < -0.39 is 12.2 Å². The maximum atomic E-state index is 14.0. The number of aromatic hydroxyl groups is 1. The molecule has 2 atom stereocenters. The van der Waals surface area contributed by atoms with Crippen molar-refractivity contribution in [1.82, 2.24) is 40.1 Å². The number of phenols is 1. The molecular formula is C30H32N8O4. The number of carbonyl (C=O) groups is 3. The number of aromatic nitrogens is 3. The third kappa shape index (κ3) is 5.23. The number of rotatable bonds is 7. The monoisotopic (exact) mass is 568 g/mol. The van der Waals surface area contributed by atoms with Crippen molar-refractivity contribution >= 4 is 28.9 Å². The molecule has 1 aromatic heterocycles. The highest BCUT2D eigenvalue weighted by molar-refractivity contribution is 5.92. The van der Waals surface area contributed by atoms with Crippen molar-refractivity contribution in [2.24, 2.45) is 7.05 Å². The van der Waals surface area contributed by atoms with Crippen LogP contribution in [0.25, 0.3) is 11.0 Å². The van der Waals surface area contributed by atoms with E-state index in [0.717, 1.165) is 27.7 Å². The number of nitrogens with zero attached hydrogens (tertiary/aromatic N) is 7. The molecule has 3 aromatic carbocycles. The Hall–Kier alpha value is -4.97. The van der Waals surface area contributed by atoms with Crippen molar-refractivity contribution in [3.05, 3.63) is 89.5 Å². The van der Waals surface area contributed by atoms with E-state index in [1.54, 1.807) is 50.8 Å². The molecule has 216 valence electrons. The molecule has 4 amide bonds. The molecule has 0 saturated carbocycles. The van der Waals surface area contributed by atoms with E-state index in [2.05, 4.69) is 15.6 Å². The second-order valence-corrected chi connectivity index (χ2v) is 10.7. The summed E-state index contributed by atoms with van der Waals surface area (Å²) in [7, 11) is 3.45. The van der Waals surface area contributed by atoms with E-state index in [-0.39, 0.29) is 43.1 Å². The SMILES string of the molecule is CN(C(=O)NCc1ccccc1)N1CC(=O)N2[C@@H](Cc3ccc(O)cc3)C(=O)N(Cc3ccc4nnn(C)c4c3)C[C@@H]21. The summed E-state index contributed by atoms with van der Waals surface area (Å²) < 4.78 is 1.69. The van der Waals surface area contributed by atoms with Gasteiger partial charge in [-0.3, -0.25) is 14.6 Å². The van der Waals surface area contributed by atoms with Gasteiger partial charge in [0.25, 0.3) is 0 Å². The van der Waals surface area contributed by atoms with Gasteiger partial charge >= 0.3 is 6.03 Å². The van der Waals surface area contributed by atoms with Gasteiger partial charge in [-0.2, -0.15) is 5.01 Å². The third-order valence-electron chi connectivity index (χ3n) is 7.95. The quantitative estimate of drug-likeness (QED) is 0.348. The predicted molar refractivity (Wildman–Crippen MR) is 153 cm³/mol. The second kappa shape index (κ2) is 11.1. The Kier molecular flexibility index (Phi) is 7.21. The summed E-state index contributed by atoms with van der Waals surface area (Å²) in [6, 6.07) is 20.9. The molecule has 6 rings (SSSR count). The van der Waals surface area contributed by atoms with E-state index >= 15 is 0 Å². The van der Waals surface area contributed by atoms with Crippen molar-refractivity contribution in [1.29, 1.82) is 0 Å². The number of aryl methyl sites for hydroxylation is 1. The molecule has 0 radical (unpaired) electrons. The number of nitrogens with one attached hydrogen (secondary N) is 1. The Morgan fingerprint density at radius 2 is 1.76 bits per heavy atom. The Morgan fingerprint density at radius 1 is 1.02 bits per heavy atom. The van der Waals surface area contributed by atoms with Gasteiger partial charge in [0, 0.05) is 33.6 Å². The maximum absolute atomic E-state index is 14.0. The number of carbonyl (C=O) groups excluding carboxylic acids is 3. The third-order valence-corrected chi connectivity index (χ3v) is 7.95. The van der Waals surface area contributed by atoms with E-state index in [9.17, 15) is 19.5 Å². The number of urea groups is 1. The topological polar surface area (TPSA) is 127 Å². The van der Waals surface area contributed by atoms with Crippen molar-refractivity contribution < 1.29 is 19.5 Å². The first-order chi connectivity index (χ1) is 20.3. The van der Waals surface area contributed by atoms with Crippen LogP contribution in [0.4, 0.5) is 4.79 Å². The van der Waals surface area contributed by atoms with Gasteiger partial charge < -0.3 is 20.2 Å². The molecule has 0 spiro atoms. The van der Waals surface area contributed by atoms with Gasteiger partial charge in [-0.1, -0.05) is 53.7 Å². The average molecular weight is 569 g/mol. The first-order valence-corrected chi connectivity index (χ1v) is 13.8. The van der Waals surface area contributed by atoms with E-state index in [1.807, 2.05) is 55.6 Å². The van der Waals surface area contributed by atoms with Gasteiger partial charge in [-0.05, 0) is 41.0 Å². The summed E-state index contributed by atoms with van der Waals surface area (Å²) in [4.78, 5) is 44.0. The minimum atomic E-state index is -0.770. The lowest BCUT2D eigenvalue weighted by atomic mass is 10.00. The zero-order chi connectivity index (χ0) is 29.4. The van der Waals surface area contributed by atoms with Gasteiger partial charge in [-0.25, -0.2) is 9.48 Å². The van der Waals surface area contributed by atoms with Crippen LogP contribution in [0.2, 0.25) is 0 Å². The molecule has 42 heavy (non-hydrogen) atoms. The van der Waals surface area contributed by atoms with Gasteiger partial charge in [-0.15, -0.1) is 5.10 Å². The van der Waals surface area contributed by atoms with Crippen LogP contribution >= 0.6 is 0 Å². The van der Waals surface area contributed by atoms with Crippen molar-refractivity contribution in [2.45, 2.75) is 31.7 Å². The normalized spacial score (nSPS) is 18.9. The minimum Gasteiger partial charge on any atom is -0.508 e. The average Bonchev–Trinajstić information content (AvgIpc) is 3.53. The zero-order valence-electron chi connectivity index (χ0n) is 23.4. The van der Waals surface area contributed by atoms with Crippen LogP contribution in [0.3, 0.4) is 0 Å². The summed E-state index contributed by atoms with van der Waals surface area (Å²) in [6.07, 6.45) is -0.257. The second-order valence-electron chi connectivity index (χ2n) is 10.7. The number of hydrazine groups is 1. The van der Waals surface area contributed by atoms with E-state index in [1.165, 1.54) is 5.01 Å². The van der Waals surface area contributed by atoms with Crippen molar-refractivity contribution in [3.63, 3.8) is 0 Å². The van der Waals surface area contributed by atoms with Crippen LogP contribution in [0, 0.1) is 0 Å². The molecule has 12 nitrogen and oxygen atoms in total. The molecule has 4 aromatic rings. The smallest absolute Gasteiger partial charge is 0.332 e. The van der Waals surface area contributed by atoms with Gasteiger partial charge in [0.05, 0.1) is 18.6 Å². The number of fused-ring (bicyclic) bond motifs is 2. The predicted octanol–water partition coefficient (Wildman–Crippen LogP) is 1.85. The molecule has 3 heterocycles. The number of hydrogen-bond acceptors (Lipinski definition) is 7. The van der Waals surface area contributed by atoms with E-state index in [4.69, 9.17) is 0 Å². The summed E-state index contributed by atoms with van der Waals surface area (Å²) in [5, 5.41) is 24.0. The number of hydrogen-bond donors (Lipinski definition) is 2. The van der Waals surface area contributed by atoms with Gasteiger partial charge in [0.1, 0.15) is 23.5 Å². The summed E-state index contributed by atoms with van der Waals surface area (Å²) >= 11 is 0. The van der Waals surface area contributed by atoms with Crippen LogP contribution in [0.15, 0.2) is 72.8 Å². The summed E-state index contributed by atoms with van der Waals surface area (Å²) in [5.41, 5.74) is 4.30. The highest BCUT2D eigenvalue weighted by atomic mass is 16.3.